The SMILES string of the molecule is CCCCCCCCCNC(=NCc1cccnc1N1CCC(C(N)=O)CC1)NCC. The Morgan fingerprint density at radius 2 is 1.84 bits per heavy atom. The number of hydrogen-bond acceptors (Lipinski definition) is 4. The molecule has 2 rings (SSSR count). The van der Waals surface area contributed by atoms with Gasteiger partial charge in [-0.2, -0.15) is 0 Å². The van der Waals surface area contributed by atoms with E-state index in [0.717, 1.165) is 56.4 Å². The predicted molar refractivity (Wildman–Crippen MR) is 129 cm³/mol. The van der Waals surface area contributed by atoms with Crippen molar-refractivity contribution in [3.05, 3.63) is 23.9 Å². The van der Waals surface area contributed by atoms with Crippen LogP contribution in [-0.4, -0.2) is 43.0 Å². The molecule has 31 heavy (non-hydrogen) atoms. The number of hydrogen-bond donors (Lipinski definition) is 3. The van der Waals surface area contributed by atoms with E-state index in [1.54, 1.807) is 0 Å². The normalized spacial score (nSPS) is 15.2. The Morgan fingerprint density at radius 1 is 1.13 bits per heavy atom. The number of guanidine groups is 1. The highest BCUT2D eigenvalue weighted by atomic mass is 16.1. The highest BCUT2D eigenvalue weighted by Crippen LogP contribution is 2.24. The lowest BCUT2D eigenvalue weighted by molar-refractivity contribution is -0.122. The number of aromatic nitrogens is 1. The van der Waals surface area contributed by atoms with Gasteiger partial charge in [0.25, 0.3) is 0 Å². The molecule has 1 aliphatic rings. The van der Waals surface area contributed by atoms with Gasteiger partial charge in [-0.15, -0.1) is 0 Å². The van der Waals surface area contributed by atoms with Gasteiger partial charge in [0.05, 0.1) is 6.54 Å². The van der Waals surface area contributed by atoms with E-state index < -0.39 is 0 Å². The van der Waals surface area contributed by atoms with Gasteiger partial charge in [0.2, 0.25) is 5.91 Å². The molecule has 0 aromatic carbocycles. The average Bonchev–Trinajstić information content (AvgIpc) is 2.79. The minimum absolute atomic E-state index is 0.0161. The maximum atomic E-state index is 11.4. The lowest BCUT2D eigenvalue weighted by atomic mass is 9.96. The van der Waals surface area contributed by atoms with Crippen molar-refractivity contribution in [2.24, 2.45) is 16.6 Å². The van der Waals surface area contributed by atoms with Gasteiger partial charge in [-0.25, -0.2) is 9.98 Å². The van der Waals surface area contributed by atoms with E-state index in [-0.39, 0.29) is 11.8 Å². The molecule has 0 spiro atoms. The minimum atomic E-state index is -0.187. The lowest BCUT2D eigenvalue weighted by Crippen LogP contribution is -2.39. The number of carbonyl (C=O) groups excluding carboxylic acids is 1. The number of amides is 1. The van der Waals surface area contributed by atoms with Crippen LogP contribution in [0.2, 0.25) is 0 Å². The number of nitrogens with one attached hydrogen (secondary N) is 2. The van der Waals surface area contributed by atoms with E-state index in [2.05, 4.69) is 40.4 Å². The van der Waals surface area contributed by atoms with Gasteiger partial charge in [-0.1, -0.05) is 51.5 Å². The quantitative estimate of drug-likeness (QED) is 0.252. The zero-order chi connectivity index (χ0) is 22.3. The molecule has 0 radical (unpaired) electrons. The predicted octanol–water partition coefficient (Wildman–Crippen LogP) is 3.59. The molecule has 7 nitrogen and oxygen atoms in total. The molecule has 1 fully saturated rings. The number of unbranched alkanes of at least 4 members (excludes halogenated alkanes) is 6. The summed E-state index contributed by atoms with van der Waals surface area (Å²) in [5.74, 6) is 1.62. The van der Waals surface area contributed by atoms with Crippen molar-refractivity contribution in [2.45, 2.75) is 78.2 Å². The van der Waals surface area contributed by atoms with E-state index in [1.165, 1.54) is 44.9 Å². The van der Waals surface area contributed by atoms with Crippen molar-refractivity contribution in [1.82, 2.24) is 15.6 Å². The molecular formula is C24H42N6O. The van der Waals surface area contributed by atoms with Crippen LogP contribution in [0.3, 0.4) is 0 Å². The summed E-state index contributed by atoms with van der Waals surface area (Å²) in [6.07, 6.45) is 12.5. The molecule has 1 aliphatic heterocycles. The van der Waals surface area contributed by atoms with E-state index in [0.29, 0.717) is 6.54 Å². The topological polar surface area (TPSA) is 95.6 Å². The van der Waals surface area contributed by atoms with Crippen LogP contribution in [0.15, 0.2) is 23.3 Å². The summed E-state index contributed by atoms with van der Waals surface area (Å²) < 4.78 is 0. The first-order chi connectivity index (χ1) is 15.2. The first-order valence-electron chi connectivity index (χ1n) is 12.2. The molecule has 0 bridgehead atoms. The van der Waals surface area contributed by atoms with E-state index in [9.17, 15) is 4.79 Å². The van der Waals surface area contributed by atoms with Gasteiger partial charge in [-0.3, -0.25) is 4.79 Å². The van der Waals surface area contributed by atoms with Gasteiger partial charge in [0, 0.05) is 43.9 Å². The summed E-state index contributed by atoms with van der Waals surface area (Å²) in [6.45, 7) is 8.31. The molecule has 1 aromatic rings. The summed E-state index contributed by atoms with van der Waals surface area (Å²) in [6, 6.07) is 4.05. The first-order valence-corrected chi connectivity index (χ1v) is 12.2. The summed E-state index contributed by atoms with van der Waals surface area (Å²) in [7, 11) is 0. The fraction of sp³-hybridized carbons (Fsp3) is 0.708. The summed E-state index contributed by atoms with van der Waals surface area (Å²) in [5, 5.41) is 6.81. The fourth-order valence-electron chi connectivity index (χ4n) is 4.01. The van der Waals surface area contributed by atoms with Crippen LogP contribution in [0.1, 0.15) is 77.2 Å². The monoisotopic (exact) mass is 430 g/mol. The number of piperidine rings is 1. The molecular weight excluding hydrogens is 388 g/mol. The Balaban J connectivity index is 1.84. The second-order valence-electron chi connectivity index (χ2n) is 8.39. The van der Waals surface area contributed by atoms with Gasteiger partial charge in [0.1, 0.15) is 5.82 Å². The molecule has 1 aromatic heterocycles. The number of anilines is 1. The van der Waals surface area contributed by atoms with Crippen LogP contribution < -0.4 is 21.3 Å². The Bertz CT molecular complexity index is 670. The molecule has 0 atom stereocenters. The molecule has 1 saturated heterocycles. The van der Waals surface area contributed by atoms with E-state index >= 15 is 0 Å². The summed E-state index contributed by atoms with van der Waals surface area (Å²) in [5.41, 5.74) is 6.58. The zero-order valence-corrected chi connectivity index (χ0v) is 19.5. The van der Waals surface area contributed by atoms with Crippen molar-refractivity contribution in [2.75, 3.05) is 31.1 Å². The van der Waals surface area contributed by atoms with Crippen LogP contribution in [0.25, 0.3) is 0 Å². The smallest absolute Gasteiger partial charge is 0.220 e. The van der Waals surface area contributed by atoms with Crippen molar-refractivity contribution in [1.29, 1.82) is 0 Å². The minimum Gasteiger partial charge on any atom is -0.369 e. The fourth-order valence-corrected chi connectivity index (χ4v) is 4.01. The molecule has 0 unspecified atom stereocenters. The number of carbonyl (C=O) groups is 1. The van der Waals surface area contributed by atoms with Gasteiger partial charge < -0.3 is 21.3 Å². The second-order valence-corrected chi connectivity index (χ2v) is 8.39. The van der Waals surface area contributed by atoms with Crippen LogP contribution in [0, 0.1) is 5.92 Å². The first kappa shape index (κ1) is 25.0. The third kappa shape index (κ3) is 9.15. The van der Waals surface area contributed by atoms with Crippen molar-refractivity contribution in [3.8, 4) is 0 Å². The largest absolute Gasteiger partial charge is 0.369 e. The standard InChI is InChI=1S/C24H42N6O/c1-3-5-6-7-8-9-10-15-28-24(26-4-2)29-19-21-12-11-16-27-23(21)30-17-13-20(14-18-30)22(25)31/h11-12,16,20H,3-10,13-15,17-19H2,1-2H3,(H2,25,31)(H2,26,28,29). The van der Waals surface area contributed by atoms with Crippen molar-refractivity contribution >= 4 is 17.7 Å². The van der Waals surface area contributed by atoms with Crippen molar-refractivity contribution in [3.63, 3.8) is 0 Å². The molecule has 174 valence electrons. The molecule has 2 heterocycles. The number of rotatable bonds is 13. The number of nitrogens with two attached hydrogens (primary N) is 1. The second kappa shape index (κ2) is 14.7. The zero-order valence-electron chi connectivity index (χ0n) is 19.5. The average molecular weight is 431 g/mol. The van der Waals surface area contributed by atoms with E-state index in [1.807, 2.05) is 12.3 Å². The van der Waals surface area contributed by atoms with Crippen LogP contribution in [0.4, 0.5) is 5.82 Å². The Morgan fingerprint density at radius 3 is 2.52 bits per heavy atom. The summed E-state index contributed by atoms with van der Waals surface area (Å²) in [4.78, 5) is 23.1. The number of nitrogens with zero attached hydrogens (tertiary/aromatic N) is 3. The maximum absolute atomic E-state index is 11.4. The molecule has 7 heteroatoms. The Hall–Kier alpha value is -2.31. The number of aliphatic imine (C=N–C) groups is 1. The Labute approximate surface area is 188 Å². The Kier molecular flexibility index (Phi) is 11.8. The lowest BCUT2D eigenvalue weighted by Gasteiger charge is -2.32. The van der Waals surface area contributed by atoms with Crippen LogP contribution in [-0.2, 0) is 11.3 Å². The highest BCUT2D eigenvalue weighted by molar-refractivity contribution is 5.79. The number of pyridine rings is 1. The van der Waals surface area contributed by atoms with E-state index in [4.69, 9.17) is 10.7 Å². The van der Waals surface area contributed by atoms with Crippen molar-refractivity contribution < 1.29 is 4.79 Å². The highest BCUT2D eigenvalue weighted by Gasteiger charge is 2.24. The molecule has 0 saturated carbocycles. The van der Waals surface area contributed by atoms with Crippen LogP contribution in [0.5, 0.6) is 0 Å². The molecule has 1 amide bonds. The third-order valence-corrected chi connectivity index (χ3v) is 5.89. The van der Waals surface area contributed by atoms with Gasteiger partial charge in [0.15, 0.2) is 5.96 Å². The molecule has 4 N–H and O–H groups in total. The molecule has 0 aliphatic carbocycles. The van der Waals surface area contributed by atoms with Gasteiger partial charge in [-0.05, 0) is 32.3 Å². The number of primary amides is 1. The van der Waals surface area contributed by atoms with Gasteiger partial charge >= 0.3 is 0 Å². The van der Waals surface area contributed by atoms with Crippen LogP contribution >= 0.6 is 0 Å². The summed E-state index contributed by atoms with van der Waals surface area (Å²) >= 11 is 0. The third-order valence-electron chi connectivity index (χ3n) is 5.89. The maximum Gasteiger partial charge on any atom is 0.220 e.